The number of rotatable bonds is 4. The zero-order valence-corrected chi connectivity index (χ0v) is 9.78. The van der Waals surface area contributed by atoms with E-state index in [9.17, 15) is 20.2 Å². The van der Waals surface area contributed by atoms with Crippen LogP contribution in [-0.4, -0.2) is 21.3 Å². The molecule has 4 fully saturated rings. The fraction of sp³-hybridized carbons (Fsp3) is 1.00. The van der Waals surface area contributed by atoms with Crippen molar-refractivity contribution in [3.05, 3.63) is 25.7 Å². The lowest BCUT2D eigenvalue weighted by molar-refractivity contribution is -0.785. The van der Waals surface area contributed by atoms with E-state index in [1.165, 1.54) is 0 Å². The summed E-state index contributed by atoms with van der Waals surface area (Å²) in [6.45, 7) is 0. The molecule has 0 N–H and O–H groups in total. The van der Waals surface area contributed by atoms with Crippen LogP contribution in [0.15, 0.2) is 0 Å². The van der Waals surface area contributed by atoms with Gasteiger partial charge >= 0.3 is 0 Å². The van der Waals surface area contributed by atoms with E-state index >= 15 is 0 Å². The Morgan fingerprint density at radius 2 is 1.72 bits per heavy atom. The molecule has 0 aromatic rings. The Hall–Kier alpha value is -1.60. The minimum absolute atomic E-state index is 0.273. The highest BCUT2D eigenvalue weighted by Crippen LogP contribution is 2.61. The largest absolute Gasteiger partial charge is 0.372 e. The van der Waals surface area contributed by atoms with Crippen LogP contribution in [0.5, 0.6) is 0 Å². The van der Waals surface area contributed by atoms with Crippen LogP contribution < -0.4 is 0 Å². The van der Waals surface area contributed by atoms with Crippen LogP contribution in [0.3, 0.4) is 0 Å². The summed E-state index contributed by atoms with van der Waals surface area (Å²) in [5, 5.41) is 19.9. The zero-order chi connectivity index (χ0) is 13.0. The molecule has 2 unspecified atom stereocenters. The van der Waals surface area contributed by atoms with Crippen molar-refractivity contribution in [2.75, 3.05) is 0 Å². The second-order valence-electron chi connectivity index (χ2n) is 6.02. The van der Waals surface area contributed by atoms with Crippen LogP contribution in [0.1, 0.15) is 38.5 Å². The van der Waals surface area contributed by atoms with E-state index in [1.54, 1.807) is 0 Å². The molecule has 100 valence electrons. The van der Waals surface area contributed by atoms with Crippen molar-refractivity contribution in [1.82, 2.24) is 0 Å². The van der Waals surface area contributed by atoms with Crippen molar-refractivity contribution in [2.45, 2.75) is 49.7 Å². The molecule has 8 heteroatoms. The zero-order valence-electron chi connectivity index (χ0n) is 9.78. The van der Waals surface area contributed by atoms with Gasteiger partial charge in [-0.25, -0.2) is 0 Å². The molecule has 8 nitrogen and oxygen atoms in total. The van der Waals surface area contributed by atoms with E-state index in [0.29, 0.717) is 32.1 Å². The molecule has 0 amide bonds. The maximum atomic E-state index is 10.7. The molecule has 0 heterocycles. The van der Waals surface area contributed by atoms with Gasteiger partial charge in [-0.05, 0) is 48.1 Å². The molecule has 0 saturated heterocycles. The third-order valence-electron chi connectivity index (χ3n) is 4.54. The predicted octanol–water partition coefficient (Wildman–Crippen LogP) is 1.85. The second kappa shape index (κ2) is 3.46. The Labute approximate surface area is 103 Å². The molecule has 4 rings (SSSR count). The minimum Gasteiger partial charge on any atom is -0.372 e. The van der Waals surface area contributed by atoms with Gasteiger partial charge in [-0.1, -0.05) is 12.8 Å². The summed E-state index contributed by atoms with van der Waals surface area (Å²) in [4.78, 5) is 26.2. The molecule has 0 aromatic carbocycles. The molecule has 4 aliphatic carbocycles. The normalized spacial score (nSPS) is 44.7. The van der Waals surface area contributed by atoms with Gasteiger partial charge in [0, 0.05) is 0 Å². The van der Waals surface area contributed by atoms with Crippen LogP contribution in [0.4, 0.5) is 0 Å². The third-order valence-corrected chi connectivity index (χ3v) is 4.54. The average molecular weight is 256 g/mol. The molecule has 0 aliphatic heterocycles. The molecule has 0 radical (unpaired) electrons. The van der Waals surface area contributed by atoms with E-state index in [2.05, 4.69) is 5.43 Å². The Morgan fingerprint density at radius 3 is 2.22 bits per heavy atom. The summed E-state index contributed by atoms with van der Waals surface area (Å²) in [5.74, 6) is 0.546. The standard InChI is InChI=1S/C10H14N3O5/c14-12(15)11-9-2-7-1-8(3-9)5-10(4-7,6-9)18-13(16)17/h7-8H,1-6H2/q-1/t7-,8+,9?,10?. The van der Waals surface area contributed by atoms with Gasteiger partial charge in [-0.15, -0.1) is 10.1 Å². The van der Waals surface area contributed by atoms with Crippen molar-refractivity contribution < 1.29 is 15.0 Å². The first-order valence-electron chi connectivity index (χ1n) is 6.11. The van der Waals surface area contributed by atoms with Crippen molar-refractivity contribution in [3.8, 4) is 0 Å². The minimum atomic E-state index is -0.826. The topological polar surface area (TPSA) is 110 Å². The summed E-state index contributed by atoms with van der Waals surface area (Å²) in [6.07, 6.45) is 3.94. The second-order valence-corrected chi connectivity index (χ2v) is 6.02. The predicted molar refractivity (Wildman–Crippen MR) is 58.6 cm³/mol. The number of hydrogen-bond donors (Lipinski definition) is 0. The summed E-state index contributed by atoms with van der Waals surface area (Å²) < 4.78 is 0. The van der Waals surface area contributed by atoms with Gasteiger partial charge in [-0.3, -0.25) is 10.1 Å². The van der Waals surface area contributed by atoms with Crippen LogP contribution >= 0.6 is 0 Å². The first-order chi connectivity index (χ1) is 8.40. The van der Waals surface area contributed by atoms with Gasteiger partial charge in [0.1, 0.15) is 5.60 Å². The third kappa shape index (κ3) is 1.75. The first-order valence-corrected chi connectivity index (χ1v) is 6.11. The monoisotopic (exact) mass is 256 g/mol. The maximum Gasteiger partial charge on any atom is 0.295 e. The van der Waals surface area contributed by atoms with E-state index in [1.807, 2.05) is 0 Å². The van der Waals surface area contributed by atoms with Crippen molar-refractivity contribution >= 4 is 0 Å². The Kier molecular flexibility index (Phi) is 2.21. The van der Waals surface area contributed by atoms with Gasteiger partial charge in [0.15, 0.2) is 0 Å². The first kappa shape index (κ1) is 11.5. The summed E-state index contributed by atoms with van der Waals surface area (Å²) in [5.41, 5.74) is 2.08. The molecule has 4 atom stereocenters. The SMILES string of the molecule is O=[N+]([O-])[N-]C12C[C@H]3C[C@@H](C1)CC(O[N+](=O)[O-])(C3)C2. The molecule has 4 aliphatic rings. The molecule has 18 heavy (non-hydrogen) atoms. The lowest BCUT2D eigenvalue weighted by Crippen LogP contribution is -2.60. The van der Waals surface area contributed by atoms with E-state index in [-0.39, 0.29) is 11.8 Å². The molecular formula is C10H14N3O5-. The fourth-order valence-corrected chi connectivity index (χ4v) is 4.69. The average Bonchev–Trinajstić information content (AvgIpc) is 2.08. The van der Waals surface area contributed by atoms with Crippen molar-refractivity contribution in [3.63, 3.8) is 0 Å². The summed E-state index contributed by atoms with van der Waals surface area (Å²) in [7, 11) is 0. The molecule has 0 spiro atoms. The number of nitro groups is 1. The fourth-order valence-electron chi connectivity index (χ4n) is 4.69. The Balaban J connectivity index is 1.87. The van der Waals surface area contributed by atoms with Crippen molar-refractivity contribution in [1.29, 1.82) is 0 Å². The van der Waals surface area contributed by atoms with Gasteiger partial charge < -0.3 is 10.3 Å². The van der Waals surface area contributed by atoms with Gasteiger partial charge in [0.05, 0.1) is 0 Å². The Bertz CT molecular complexity index is 364. The van der Waals surface area contributed by atoms with Gasteiger partial charge in [0.2, 0.25) is 0 Å². The van der Waals surface area contributed by atoms with Gasteiger partial charge in [-0.2, -0.15) is 0 Å². The molecule has 4 bridgehead atoms. The van der Waals surface area contributed by atoms with Crippen LogP contribution in [0, 0.1) is 32.1 Å². The lowest BCUT2D eigenvalue weighted by atomic mass is 9.51. The maximum absolute atomic E-state index is 10.7. The van der Waals surface area contributed by atoms with Crippen LogP contribution in [-0.2, 0) is 4.84 Å². The summed E-state index contributed by atoms with van der Waals surface area (Å²) in [6, 6.07) is 0. The summed E-state index contributed by atoms with van der Waals surface area (Å²) >= 11 is 0. The van der Waals surface area contributed by atoms with Crippen LogP contribution in [0.2, 0.25) is 0 Å². The molecule has 0 aromatic heterocycles. The van der Waals surface area contributed by atoms with Crippen molar-refractivity contribution in [2.24, 2.45) is 11.8 Å². The number of hydrogen-bond acceptors (Lipinski definition) is 5. The lowest BCUT2D eigenvalue weighted by Gasteiger charge is -2.63. The number of nitrogens with zero attached hydrogens (tertiary/aromatic N) is 3. The highest BCUT2D eigenvalue weighted by atomic mass is 17.0. The highest BCUT2D eigenvalue weighted by molar-refractivity contribution is 5.18. The van der Waals surface area contributed by atoms with E-state index in [4.69, 9.17) is 4.84 Å². The molecule has 4 saturated carbocycles. The smallest absolute Gasteiger partial charge is 0.295 e. The molecular weight excluding hydrogens is 242 g/mol. The van der Waals surface area contributed by atoms with Gasteiger partial charge in [0.25, 0.3) is 5.09 Å². The van der Waals surface area contributed by atoms with E-state index < -0.39 is 21.3 Å². The van der Waals surface area contributed by atoms with E-state index in [0.717, 1.165) is 6.42 Å². The highest BCUT2D eigenvalue weighted by Gasteiger charge is 2.57. The Morgan fingerprint density at radius 1 is 1.11 bits per heavy atom. The van der Waals surface area contributed by atoms with Crippen LogP contribution in [0.25, 0.3) is 5.43 Å². The quantitative estimate of drug-likeness (QED) is 0.563.